The maximum Gasteiger partial charge on any atom is 0.272 e. The first-order valence-electron chi connectivity index (χ1n) is 6.88. The highest BCUT2D eigenvalue weighted by Crippen LogP contribution is 2.11. The van der Waals surface area contributed by atoms with Crippen LogP contribution in [0, 0.1) is 0 Å². The molecule has 1 aromatic rings. The lowest BCUT2D eigenvalue weighted by molar-refractivity contribution is 0.0609. The number of aliphatic hydroxyl groups is 1. The summed E-state index contributed by atoms with van der Waals surface area (Å²) in [6, 6.07) is 5.50. The Balaban J connectivity index is 2.00. The number of β-amino-alcohol motifs (C(OH)–C–C–N with tert-alkyl or cyclic N) is 1. The van der Waals surface area contributed by atoms with E-state index in [9.17, 15) is 4.79 Å². The molecular weight excluding hydrogens is 256 g/mol. The summed E-state index contributed by atoms with van der Waals surface area (Å²) in [5.41, 5.74) is 0.492. The molecule has 0 atom stereocenters. The van der Waals surface area contributed by atoms with Crippen molar-refractivity contribution in [1.82, 2.24) is 14.8 Å². The van der Waals surface area contributed by atoms with Gasteiger partial charge < -0.3 is 14.9 Å². The van der Waals surface area contributed by atoms with Crippen LogP contribution in [0.4, 0.5) is 5.82 Å². The number of aromatic nitrogens is 1. The molecule has 110 valence electrons. The van der Waals surface area contributed by atoms with Gasteiger partial charge in [-0.15, -0.1) is 0 Å². The standard InChI is InChI=1S/C14H22N4O2/c1-16(2)13-5-3-4-12(15-13)14(20)18-8-6-17(7-9-18)10-11-19/h3-5,19H,6-11H2,1-2H3. The maximum absolute atomic E-state index is 12.4. The minimum absolute atomic E-state index is 0.0163. The monoisotopic (exact) mass is 278 g/mol. The predicted octanol–water partition coefficient (Wildman–Crippen LogP) is -0.102. The summed E-state index contributed by atoms with van der Waals surface area (Å²) in [4.78, 5) is 22.7. The number of anilines is 1. The molecule has 2 rings (SSSR count). The third kappa shape index (κ3) is 3.46. The van der Waals surface area contributed by atoms with E-state index < -0.39 is 0 Å². The van der Waals surface area contributed by atoms with Crippen molar-refractivity contribution in [3.05, 3.63) is 23.9 Å². The van der Waals surface area contributed by atoms with Crippen LogP contribution in [-0.4, -0.2) is 79.2 Å². The average molecular weight is 278 g/mol. The molecule has 0 radical (unpaired) electrons. The Morgan fingerprint density at radius 1 is 1.30 bits per heavy atom. The molecule has 1 N–H and O–H groups in total. The molecule has 1 aliphatic rings. The molecule has 1 aromatic heterocycles. The number of carbonyl (C=O) groups is 1. The first kappa shape index (κ1) is 14.7. The molecule has 2 heterocycles. The second-order valence-corrected chi connectivity index (χ2v) is 5.13. The van der Waals surface area contributed by atoms with Gasteiger partial charge in [0, 0.05) is 46.8 Å². The molecular formula is C14H22N4O2. The highest BCUT2D eigenvalue weighted by molar-refractivity contribution is 5.92. The zero-order valence-corrected chi connectivity index (χ0v) is 12.1. The van der Waals surface area contributed by atoms with Gasteiger partial charge in [-0.1, -0.05) is 6.07 Å². The summed E-state index contributed by atoms with van der Waals surface area (Å²) >= 11 is 0. The van der Waals surface area contributed by atoms with Crippen LogP contribution in [0.2, 0.25) is 0 Å². The van der Waals surface area contributed by atoms with Gasteiger partial charge in [0.1, 0.15) is 11.5 Å². The molecule has 20 heavy (non-hydrogen) atoms. The number of piperazine rings is 1. The molecule has 0 spiro atoms. The summed E-state index contributed by atoms with van der Waals surface area (Å²) in [5, 5.41) is 8.92. The zero-order chi connectivity index (χ0) is 14.5. The molecule has 0 bridgehead atoms. The third-order valence-electron chi connectivity index (χ3n) is 3.49. The van der Waals surface area contributed by atoms with Crippen molar-refractivity contribution in [1.29, 1.82) is 0 Å². The van der Waals surface area contributed by atoms with E-state index in [1.54, 1.807) is 6.07 Å². The van der Waals surface area contributed by atoms with E-state index in [2.05, 4.69) is 9.88 Å². The van der Waals surface area contributed by atoms with Gasteiger partial charge in [0.25, 0.3) is 5.91 Å². The Morgan fingerprint density at radius 3 is 2.60 bits per heavy atom. The number of carbonyl (C=O) groups excluding carboxylic acids is 1. The van der Waals surface area contributed by atoms with E-state index in [4.69, 9.17) is 5.11 Å². The van der Waals surface area contributed by atoms with Gasteiger partial charge in [0.15, 0.2) is 0 Å². The first-order chi connectivity index (χ1) is 9.61. The Hall–Kier alpha value is -1.66. The van der Waals surface area contributed by atoms with Gasteiger partial charge in [-0.3, -0.25) is 9.69 Å². The van der Waals surface area contributed by atoms with Gasteiger partial charge in [-0.25, -0.2) is 4.98 Å². The van der Waals surface area contributed by atoms with E-state index in [0.717, 1.165) is 18.9 Å². The smallest absolute Gasteiger partial charge is 0.272 e. The van der Waals surface area contributed by atoms with Crippen molar-refractivity contribution in [2.45, 2.75) is 0 Å². The Kier molecular flexibility index (Phi) is 4.92. The highest BCUT2D eigenvalue weighted by atomic mass is 16.3. The van der Waals surface area contributed by atoms with E-state index in [1.165, 1.54) is 0 Å². The minimum Gasteiger partial charge on any atom is -0.395 e. The molecule has 1 amide bonds. The van der Waals surface area contributed by atoms with Gasteiger partial charge in [0.2, 0.25) is 0 Å². The lowest BCUT2D eigenvalue weighted by Gasteiger charge is -2.34. The normalized spacial score (nSPS) is 16.2. The van der Waals surface area contributed by atoms with E-state index in [1.807, 2.05) is 36.0 Å². The first-order valence-corrected chi connectivity index (χ1v) is 6.88. The molecule has 0 aliphatic carbocycles. The van der Waals surface area contributed by atoms with Crippen molar-refractivity contribution in [3.8, 4) is 0 Å². The molecule has 0 aromatic carbocycles. The van der Waals surface area contributed by atoms with Gasteiger partial charge in [-0.2, -0.15) is 0 Å². The van der Waals surface area contributed by atoms with Crippen LogP contribution < -0.4 is 4.90 Å². The summed E-state index contributed by atoms with van der Waals surface area (Å²) < 4.78 is 0. The van der Waals surface area contributed by atoms with Crippen LogP contribution in [0.3, 0.4) is 0 Å². The van der Waals surface area contributed by atoms with E-state index in [0.29, 0.717) is 25.3 Å². The van der Waals surface area contributed by atoms with E-state index in [-0.39, 0.29) is 12.5 Å². The molecule has 1 aliphatic heterocycles. The Labute approximate surface area is 119 Å². The lowest BCUT2D eigenvalue weighted by Crippen LogP contribution is -2.49. The third-order valence-corrected chi connectivity index (χ3v) is 3.49. The topological polar surface area (TPSA) is 59.9 Å². The molecule has 6 heteroatoms. The number of amides is 1. The molecule has 6 nitrogen and oxygen atoms in total. The van der Waals surface area contributed by atoms with Crippen LogP contribution in [0.5, 0.6) is 0 Å². The number of hydrogen-bond donors (Lipinski definition) is 1. The fourth-order valence-electron chi connectivity index (χ4n) is 2.27. The van der Waals surface area contributed by atoms with Gasteiger partial charge in [0.05, 0.1) is 6.61 Å². The Morgan fingerprint density at radius 2 is 2.00 bits per heavy atom. The second-order valence-electron chi connectivity index (χ2n) is 5.13. The SMILES string of the molecule is CN(C)c1cccc(C(=O)N2CCN(CCO)CC2)n1. The summed E-state index contributed by atoms with van der Waals surface area (Å²) in [7, 11) is 3.81. The number of rotatable bonds is 4. The summed E-state index contributed by atoms with van der Waals surface area (Å²) in [6.07, 6.45) is 0. The van der Waals surface area contributed by atoms with Crippen molar-refractivity contribution >= 4 is 11.7 Å². The van der Waals surface area contributed by atoms with Crippen LogP contribution in [0.1, 0.15) is 10.5 Å². The molecule has 0 unspecified atom stereocenters. The number of hydrogen-bond acceptors (Lipinski definition) is 5. The molecule has 1 saturated heterocycles. The lowest BCUT2D eigenvalue weighted by atomic mass is 10.2. The second kappa shape index (κ2) is 6.67. The predicted molar refractivity (Wildman–Crippen MR) is 78.0 cm³/mol. The molecule has 1 fully saturated rings. The quantitative estimate of drug-likeness (QED) is 0.833. The average Bonchev–Trinajstić information content (AvgIpc) is 2.48. The van der Waals surface area contributed by atoms with Crippen molar-refractivity contribution in [2.24, 2.45) is 0 Å². The summed E-state index contributed by atoms with van der Waals surface area (Å²) in [6.45, 7) is 3.83. The Bertz CT molecular complexity index is 456. The van der Waals surface area contributed by atoms with Crippen LogP contribution in [-0.2, 0) is 0 Å². The number of pyridine rings is 1. The van der Waals surface area contributed by atoms with Crippen LogP contribution in [0.25, 0.3) is 0 Å². The van der Waals surface area contributed by atoms with Crippen molar-refractivity contribution in [2.75, 3.05) is 58.3 Å². The summed E-state index contributed by atoms with van der Waals surface area (Å²) in [5.74, 6) is 0.770. The van der Waals surface area contributed by atoms with Gasteiger partial charge >= 0.3 is 0 Å². The van der Waals surface area contributed by atoms with Crippen molar-refractivity contribution in [3.63, 3.8) is 0 Å². The number of aliphatic hydroxyl groups excluding tert-OH is 1. The van der Waals surface area contributed by atoms with E-state index >= 15 is 0 Å². The largest absolute Gasteiger partial charge is 0.395 e. The molecule has 0 saturated carbocycles. The minimum atomic E-state index is -0.0163. The maximum atomic E-state index is 12.4. The fourth-order valence-corrected chi connectivity index (χ4v) is 2.27. The highest BCUT2D eigenvalue weighted by Gasteiger charge is 2.22. The van der Waals surface area contributed by atoms with Crippen LogP contribution in [0.15, 0.2) is 18.2 Å². The van der Waals surface area contributed by atoms with Gasteiger partial charge in [-0.05, 0) is 12.1 Å². The number of nitrogens with zero attached hydrogens (tertiary/aromatic N) is 4. The fraction of sp³-hybridized carbons (Fsp3) is 0.571. The zero-order valence-electron chi connectivity index (χ0n) is 12.1. The van der Waals surface area contributed by atoms with Crippen LogP contribution >= 0.6 is 0 Å². The van der Waals surface area contributed by atoms with Crippen molar-refractivity contribution < 1.29 is 9.90 Å².